The molecule has 228 valence electrons. The molecule has 3 aliphatic rings. The zero-order valence-electron chi connectivity index (χ0n) is 27.3. The van der Waals surface area contributed by atoms with Crippen molar-refractivity contribution in [1.82, 2.24) is 9.97 Å². The third-order valence-electron chi connectivity index (χ3n) is 11.4. The molecule has 2 aliphatic heterocycles. The number of H-pyrrole nitrogens is 2. The molecule has 6 aromatic rings. The summed E-state index contributed by atoms with van der Waals surface area (Å²) in [6.07, 6.45) is 4.14. The molecule has 4 aromatic carbocycles. The van der Waals surface area contributed by atoms with Crippen LogP contribution in [0, 0.1) is 19.8 Å². The molecule has 45 heavy (non-hydrogen) atoms. The maximum absolute atomic E-state index is 6.89. The summed E-state index contributed by atoms with van der Waals surface area (Å²) in [5.74, 6) is 3.15. The van der Waals surface area contributed by atoms with Gasteiger partial charge in [0, 0.05) is 44.1 Å². The van der Waals surface area contributed by atoms with Crippen molar-refractivity contribution in [2.45, 2.75) is 90.3 Å². The molecule has 0 unspecified atom stereocenters. The molecule has 4 heterocycles. The summed E-state index contributed by atoms with van der Waals surface area (Å²) >= 11 is 0. The van der Waals surface area contributed by atoms with E-state index in [1.165, 1.54) is 77.0 Å². The van der Waals surface area contributed by atoms with E-state index in [0.717, 1.165) is 37.2 Å². The van der Waals surface area contributed by atoms with Crippen molar-refractivity contribution in [3.63, 3.8) is 0 Å². The highest BCUT2D eigenvalue weighted by Gasteiger charge is 2.47. The van der Waals surface area contributed by atoms with Gasteiger partial charge in [0.05, 0.1) is 16.6 Å². The standard InChI is InChI=1S/C41H42N2O2/c1-21(2)24-15-16-41(7)20-31(24)34-37-29(18-23(4)39(34)45-41)26-12-10-13-27(35(26)43-37)30-19-40(5,6)44-38-22(3)17-28-25-11-8-9-14-32(25)42-36(28)33(30)38/h8-14,17-18,24,30-31,42-43H,1,15-16,19-20H2,2-7H3/t24-,30+,31-,41-/m1/s1. The number of aromatic nitrogens is 2. The molecule has 4 heteroatoms. The van der Waals surface area contributed by atoms with E-state index in [2.05, 4.69) is 113 Å². The highest BCUT2D eigenvalue weighted by Crippen LogP contribution is 2.57. The maximum atomic E-state index is 6.89. The SMILES string of the molecule is C=C(C)[C@H]1CC[C@]2(C)C[C@H]1c1c(c(C)cc3c1[nH]c1c([C@@H]4CC(C)(C)Oc5c(C)cc6c([nH]c7ccccc76)c54)cccc13)O2. The first kappa shape index (κ1) is 27.2. The van der Waals surface area contributed by atoms with E-state index in [0.29, 0.717) is 11.8 Å². The minimum Gasteiger partial charge on any atom is -0.487 e. The Balaban J connectivity index is 1.33. The zero-order chi connectivity index (χ0) is 31.0. The number of hydrogen-bond donors (Lipinski definition) is 2. The molecule has 1 saturated carbocycles. The number of fused-ring (bicyclic) bond motifs is 13. The Morgan fingerprint density at radius 2 is 1.47 bits per heavy atom. The minimum atomic E-state index is -0.304. The van der Waals surface area contributed by atoms with Crippen LogP contribution in [0.5, 0.6) is 11.5 Å². The van der Waals surface area contributed by atoms with Gasteiger partial charge in [-0.25, -0.2) is 0 Å². The van der Waals surface area contributed by atoms with Gasteiger partial charge in [-0.15, -0.1) is 0 Å². The number of nitrogens with one attached hydrogen (secondary N) is 2. The Morgan fingerprint density at radius 1 is 0.778 bits per heavy atom. The van der Waals surface area contributed by atoms with E-state index in [1.54, 1.807) is 0 Å². The van der Waals surface area contributed by atoms with Gasteiger partial charge in [0.1, 0.15) is 22.7 Å². The molecule has 4 nitrogen and oxygen atoms in total. The summed E-state index contributed by atoms with van der Waals surface area (Å²) in [7, 11) is 0. The summed E-state index contributed by atoms with van der Waals surface area (Å²) in [6.45, 7) is 17.9. The third-order valence-corrected chi connectivity index (χ3v) is 11.4. The number of para-hydroxylation sites is 2. The van der Waals surface area contributed by atoms with Gasteiger partial charge < -0.3 is 19.4 Å². The van der Waals surface area contributed by atoms with Crippen LogP contribution in [-0.4, -0.2) is 21.2 Å². The lowest BCUT2D eigenvalue weighted by molar-refractivity contribution is 0.00731. The molecular weight excluding hydrogens is 552 g/mol. The average Bonchev–Trinajstić information content (AvgIpc) is 3.54. The first-order chi connectivity index (χ1) is 21.5. The number of aryl methyl sites for hydroxylation is 2. The number of allylic oxidation sites excluding steroid dienone is 1. The van der Waals surface area contributed by atoms with Crippen LogP contribution < -0.4 is 9.47 Å². The van der Waals surface area contributed by atoms with Crippen molar-refractivity contribution in [3.8, 4) is 11.5 Å². The van der Waals surface area contributed by atoms with Crippen molar-refractivity contribution in [1.29, 1.82) is 0 Å². The average molecular weight is 595 g/mol. The second-order valence-electron chi connectivity index (χ2n) is 15.3. The van der Waals surface area contributed by atoms with Crippen molar-refractivity contribution in [3.05, 3.63) is 94.6 Å². The van der Waals surface area contributed by atoms with E-state index in [-0.39, 0.29) is 17.1 Å². The van der Waals surface area contributed by atoms with E-state index in [1.807, 2.05) is 0 Å². The van der Waals surface area contributed by atoms with Gasteiger partial charge >= 0.3 is 0 Å². The Bertz CT molecular complexity index is 2250. The third kappa shape index (κ3) is 3.78. The van der Waals surface area contributed by atoms with Crippen LogP contribution >= 0.6 is 0 Å². The Morgan fingerprint density at radius 3 is 2.24 bits per heavy atom. The molecule has 9 rings (SSSR count). The van der Waals surface area contributed by atoms with Crippen LogP contribution in [0.2, 0.25) is 0 Å². The number of ether oxygens (including phenoxy) is 2. The fourth-order valence-electron chi connectivity index (χ4n) is 9.39. The van der Waals surface area contributed by atoms with Crippen molar-refractivity contribution in [2.75, 3.05) is 0 Å². The number of hydrogen-bond acceptors (Lipinski definition) is 2. The second kappa shape index (κ2) is 8.96. The van der Waals surface area contributed by atoms with Crippen LogP contribution in [0.1, 0.15) is 93.0 Å². The van der Waals surface area contributed by atoms with Gasteiger partial charge in [-0.1, -0.05) is 48.6 Å². The fraction of sp³-hybridized carbons (Fsp3) is 0.366. The van der Waals surface area contributed by atoms with Gasteiger partial charge in [-0.3, -0.25) is 0 Å². The molecule has 1 fully saturated rings. The monoisotopic (exact) mass is 594 g/mol. The number of rotatable bonds is 2. The molecule has 2 bridgehead atoms. The molecular formula is C41H42N2O2. The quantitative estimate of drug-likeness (QED) is 0.196. The van der Waals surface area contributed by atoms with Crippen LogP contribution in [-0.2, 0) is 0 Å². The first-order valence-corrected chi connectivity index (χ1v) is 16.7. The number of benzene rings is 4. The molecule has 0 radical (unpaired) electrons. The van der Waals surface area contributed by atoms with Crippen LogP contribution in [0.4, 0.5) is 0 Å². The first-order valence-electron chi connectivity index (χ1n) is 16.7. The summed E-state index contributed by atoms with van der Waals surface area (Å²) in [5.41, 5.74) is 12.1. The van der Waals surface area contributed by atoms with Gasteiger partial charge in [0.2, 0.25) is 0 Å². The highest BCUT2D eigenvalue weighted by atomic mass is 16.5. The Hall–Kier alpha value is -4.18. The molecule has 0 spiro atoms. The van der Waals surface area contributed by atoms with Crippen molar-refractivity contribution >= 4 is 43.6 Å². The van der Waals surface area contributed by atoms with Gasteiger partial charge in [0.15, 0.2) is 0 Å². The summed E-state index contributed by atoms with van der Waals surface area (Å²) in [4.78, 5) is 7.87. The summed E-state index contributed by atoms with van der Waals surface area (Å²) < 4.78 is 13.7. The summed E-state index contributed by atoms with van der Waals surface area (Å²) in [5, 5.41) is 5.12. The van der Waals surface area contributed by atoms with E-state index in [4.69, 9.17) is 9.47 Å². The van der Waals surface area contributed by atoms with Crippen LogP contribution in [0.3, 0.4) is 0 Å². The van der Waals surface area contributed by atoms with Crippen LogP contribution in [0.15, 0.2) is 66.7 Å². The minimum absolute atomic E-state index is 0.112. The van der Waals surface area contributed by atoms with Gasteiger partial charge in [-0.2, -0.15) is 0 Å². The highest BCUT2D eigenvalue weighted by molar-refractivity contribution is 6.12. The van der Waals surface area contributed by atoms with E-state index >= 15 is 0 Å². The molecule has 4 atom stereocenters. The fourth-order valence-corrected chi connectivity index (χ4v) is 9.39. The van der Waals surface area contributed by atoms with Crippen molar-refractivity contribution < 1.29 is 9.47 Å². The van der Waals surface area contributed by atoms with E-state index in [9.17, 15) is 0 Å². The van der Waals surface area contributed by atoms with Crippen LogP contribution in [0.25, 0.3) is 43.6 Å². The van der Waals surface area contributed by atoms with Gasteiger partial charge in [-0.05, 0) is 114 Å². The normalized spacial score (nSPS) is 25.2. The largest absolute Gasteiger partial charge is 0.487 e. The van der Waals surface area contributed by atoms with Gasteiger partial charge in [0.25, 0.3) is 0 Å². The maximum Gasteiger partial charge on any atom is 0.128 e. The lowest BCUT2D eigenvalue weighted by atomic mass is 9.65. The topological polar surface area (TPSA) is 50.0 Å². The summed E-state index contributed by atoms with van der Waals surface area (Å²) in [6, 6.07) is 20.2. The predicted octanol–water partition coefficient (Wildman–Crippen LogP) is 10.9. The predicted molar refractivity (Wildman–Crippen MR) is 186 cm³/mol. The lowest BCUT2D eigenvalue weighted by Gasteiger charge is -2.48. The zero-order valence-corrected chi connectivity index (χ0v) is 27.3. The molecule has 2 aromatic heterocycles. The number of aromatic amines is 2. The molecule has 1 aliphatic carbocycles. The smallest absolute Gasteiger partial charge is 0.128 e. The Kier molecular flexibility index (Phi) is 5.41. The van der Waals surface area contributed by atoms with E-state index < -0.39 is 0 Å². The molecule has 0 saturated heterocycles. The Labute approximate surface area is 264 Å². The lowest BCUT2D eigenvalue weighted by Crippen LogP contribution is -2.44. The molecule has 2 N–H and O–H groups in total. The van der Waals surface area contributed by atoms with Crippen molar-refractivity contribution in [2.24, 2.45) is 5.92 Å². The second-order valence-corrected chi connectivity index (χ2v) is 15.3. The molecule has 0 amide bonds.